The van der Waals surface area contributed by atoms with Gasteiger partial charge in [0.1, 0.15) is 11.6 Å². The highest BCUT2D eigenvalue weighted by Gasteiger charge is 2.28. The van der Waals surface area contributed by atoms with Gasteiger partial charge in [0.05, 0.1) is 3.57 Å². The van der Waals surface area contributed by atoms with E-state index in [4.69, 9.17) is 0 Å². The normalized spacial score (nSPS) is 22.7. The summed E-state index contributed by atoms with van der Waals surface area (Å²) in [6, 6.07) is 17.9. The van der Waals surface area contributed by atoms with E-state index in [1.54, 1.807) is 6.07 Å². The molecule has 0 nitrogen and oxygen atoms in total. The summed E-state index contributed by atoms with van der Waals surface area (Å²) in [6.45, 7) is 4.25. The topological polar surface area (TPSA) is 0 Å². The van der Waals surface area contributed by atoms with Gasteiger partial charge in [-0.25, -0.2) is 8.78 Å². The molecule has 0 saturated heterocycles. The van der Waals surface area contributed by atoms with Crippen molar-refractivity contribution < 1.29 is 8.78 Å². The summed E-state index contributed by atoms with van der Waals surface area (Å²) in [7, 11) is 0. The SMILES string of the molecule is C/C=C/CCC1CCC(CC2CCC(c3ccc(-c4ccc(-c5ccc(CCCC)c(F)c5I)cc4)cc3F)CC2)CC1. The second-order valence-electron chi connectivity index (χ2n) is 13.3. The Bertz CT molecular complexity index is 1340. The van der Waals surface area contributed by atoms with E-state index in [1.807, 2.05) is 42.5 Å². The molecule has 0 N–H and O–H groups in total. The molecule has 0 heterocycles. The van der Waals surface area contributed by atoms with Crippen molar-refractivity contribution in [3.05, 3.63) is 93.1 Å². The number of aryl methyl sites for hydroxylation is 1. The standard InChI is InChI=1S/C40H49F2I/c1-3-5-7-8-28-10-12-29(13-11-28)26-30-14-16-32(17-15-30)36-24-23-35(27-38(36)41)31-18-20-33(21-19-31)37-25-22-34(9-6-4-2)39(42)40(37)43/h3,5,18-25,27-30,32H,4,6-17,26H2,1-2H3/b5-3+. The molecule has 0 atom stereocenters. The molecule has 3 heteroatoms. The van der Waals surface area contributed by atoms with Gasteiger partial charge in [0, 0.05) is 0 Å². The van der Waals surface area contributed by atoms with E-state index in [0.717, 1.165) is 83.2 Å². The Morgan fingerprint density at radius 1 is 0.767 bits per heavy atom. The summed E-state index contributed by atoms with van der Waals surface area (Å²) < 4.78 is 31.1. The predicted octanol–water partition coefficient (Wildman–Crippen LogP) is 13.1. The van der Waals surface area contributed by atoms with Crippen LogP contribution in [0.15, 0.2) is 66.7 Å². The maximum Gasteiger partial charge on any atom is 0.140 e. The lowest BCUT2D eigenvalue weighted by Gasteiger charge is -2.34. The molecule has 0 spiro atoms. The van der Waals surface area contributed by atoms with E-state index in [2.05, 4.69) is 54.7 Å². The molecule has 0 unspecified atom stereocenters. The van der Waals surface area contributed by atoms with Crippen LogP contribution in [0.25, 0.3) is 22.3 Å². The lowest BCUT2D eigenvalue weighted by atomic mass is 9.71. The van der Waals surface area contributed by atoms with Gasteiger partial charge in [-0.1, -0.05) is 99.7 Å². The largest absolute Gasteiger partial charge is 0.207 e. The Balaban J connectivity index is 1.14. The predicted molar refractivity (Wildman–Crippen MR) is 187 cm³/mol. The fraction of sp³-hybridized carbons (Fsp3) is 0.500. The van der Waals surface area contributed by atoms with E-state index in [1.165, 1.54) is 57.8 Å². The van der Waals surface area contributed by atoms with Crippen molar-refractivity contribution in [2.75, 3.05) is 0 Å². The van der Waals surface area contributed by atoms with Crippen LogP contribution in [-0.2, 0) is 6.42 Å². The van der Waals surface area contributed by atoms with Crippen LogP contribution in [0.5, 0.6) is 0 Å². The van der Waals surface area contributed by atoms with Gasteiger partial charge >= 0.3 is 0 Å². The first-order valence-electron chi connectivity index (χ1n) is 16.9. The first-order chi connectivity index (χ1) is 21.0. The lowest BCUT2D eigenvalue weighted by molar-refractivity contribution is 0.200. The first kappa shape index (κ1) is 32.4. The summed E-state index contributed by atoms with van der Waals surface area (Å²) >= 11 is 2.13. The quantitative estimate of drug-likeness (QED) is 0.138. The minimum absolute atomic E-state index is 0.0689. The molecule has 0 aliphatic heterocycles. The molecule has 0 bridgehead atoms. The molecule has 2 saturated carbocycles. The molecule has 3 aromatic carbocycles. The third-order valence-corrected chi connectivity index (χ3v) is 11.4. The van der Waals surface area contributed by atoms with Crippen molar-refractivity contribution in [3.63, 3.8) is 0 Å². The fourth-order valence-corrected chi connectivity index (χ4v) is 8.53. The number of halogens is 3. The number of rotatable bonds is 11. The van der Waals surface area contributed by atoms with E-state index in [0.29, 0.717) is 9.49 Å². The van der Waals surface area contributed by atoms with Crippen LogP contribution in [0.3, 0.4) is 0 Å². The van der Waals surface area contributed by atoms with Crippen LogP contribution in [0.2, 0.25) is 0 Å². The number of hydrogen-bond acceptors (Lipinski definition) is 0. The van der Waals surface area contributed by atoms with E-state index < -0.39 is 0 Å². The van der Waals surface area contributed by atoms with Gasteiger partial charge < -0.3 is 0 Å². The average Bonchev–Trinajstić information content (AvgIpc) is 3.03. The zero-order valence-electron chi connectivity index (χ0n) is 26.2. The van der Waals surface area contributed by atoms with Crippen molar-refractivity contribution in [3.8, 4) is 22.3 Å². The van der Waals surface area contributed by atoms with Crippen molar-refractivity contribution in [1.29, 1.82) is 0 Å². The number of unbranched alkanes of at least 4 members (excludes halogenated alkanes) is 1. The minimum atomic E-state index is -0.0966. The Morgan fingerprint density at radius 3 is 2.05 bits per heavy atom. The van der Waals surface area contributed by atoms with Crippen LogP contribution in [0.1, 0.15) is 114 Å². The molecule has 2 aliphatic carbocycles. The lowest BCUT2D eigenvalue weighted by Crippen LogP contribution is -2.20. The van der Waals surface area contributed by atoms with Gasteiger partial charge in [-0.15, -0.1) is 0 Å². The molecule has 230 valence electrons. The molecule has 2 fully saturated rings. The molecule has 0 aromatic heterocycles. The maximum absolute atomic E-state index is 15.5. The molecule has 5 rings (SSSR count). The highest BCUT2D eigenvalue weighted by molar-refractivity contribution is 14.1. The van der Waals surface area contributed by atoms with Gasteiger partial charge in [0.25, 0.3) is 0 Å². The molecule has 0 radical (unpaired) electrons. The first-order valence-corrected chi connectivity index (χ1v) is 18.0. The zero-order chi connectivity index (χ0) is 30.2. The molecule has 43 heavy (non-hydrogen) atoms. The summed E-state index contributed by atoms with van der Waals surface area (Å²) in [5.74, 6) is 2.85. The van der Waals surface area contributed by atoms with Crippen LogP contribution < -0.4 is 0 Å². The molecule has 2 aliphatic rings. The Morgan fingerprint density at radius 2 is 1.40 bits per heavy atom. The van der Waals surface area contributed by atoms with Crippen molar-refractivity contribution in [1.82, 2.24) is 0 Å². The molecule has 3 aromatic rings. The van der Waals surface area contributed by atoms with Crippen molar-refractivity contribution >= 4 is 22.6 Å². The monoisotopic (exact) mass is 694 g/mol. The number of benzene rings is 3. The Hall–Kier alpha value is -2.01. The second-order valence-corrected chi connectivity index (χ2v) is 14.4. The van der Waals surface area contributed by atoms with Crippen LogP contribution in [0, 0.1) is 33.0 Å². The molecule has 0 amide bonds. The van der Waals surface area contributed by atoms with E-state index >= 15 is 4.39 Å². The summed E-state index contributed by atoms with van der Waals surface area (Å²) in [6.07, 6.45) is 21.7. The number of hydrogen-bond donors (Lipinski definition) is 0. The smallest absolute Gasteiger partial charge is 0.140 e. The molecular formula is C40H49F2I. The maximum atomic E-state index is 15.5. The Labute approximate surface area is 272 Å². The van der Waals surface area contributed by atoms with Crippen molar-refractivity contribution in [2.24, 2.45) is 17.8 Å². The second kappa shape index (κ2) is 15.8. The van der Waals surface area contributed by atoms with Gasteiger partial charge in [0.15, 0.2) is 0 Å². The Kier molecular flexibility index (Phi) is 11.9. The average molecular weight is 695 g/mol. The van der Waals surface area contributed by atoms with Gasteiger partial charge in [-0.2, -0.15) is 0 Å². The summed E-state index contributed by atoms with van der Waals surface area (Å²) in [5, 5.41) is 0. The zero-order valence-corrected chi connectivity index (χ0v) is 28.4. The van der Waals surface area contributed by atoms with Gasteiger partial charge in [-0.05, 0) is 150 Å². The van der Waals surface area contributed by atoms with Crippen LogP contribution >= 0.6 is 22.6 Å². The number of allylic oxidation sites excluding steroid dienone is 2. The van der Waals surface area contributed by atoms with Crippen LogP contribution in [0.4, 0.5) is 8.78 Å². The highest BCUT2D eigenvalue weighted by atomic mass is 127. The minimum Gasteiger partial charge on any atom is -0.207 e. The third-order valence-electron chi connectivity index (χ3n) is 10.4. The van der Waals surface area contributed by atoms with Crippen molar-refractivity contribution in [2.45, 2.75) is 110 Å². The van der Waals surface area contributed by atoms with Gasteiger partial charge in [0.2, 0.25) is 0 Å². The summed E-state index contributed by atoms with van der Waals surface area (Å²) in [4.78, 5) is 0. The summed E-state index contributed by atoms with van der Waals surface area (Å²) in [5.41, 5.74) is 5.48. The van der Waals surface area contributed by atoms with Crippen LogP contribution in [-0.4, -0.2) is 0 Å². The molecular weight excluding hydrogens is 645 g/mol. The van der Waals surface area contributed by atoms with E-state index in [-0.39, 0.29) is 11.6 Å². The highest BCUT2D eigenvalue weighted by Crippen LogP contribution is 2.43. The van der Waals surface area contributed by atoms with E-state index in [9.17, 15) is 4.39 Å². The fourth-order valence-electron chi connectivity index (χ4n) is 7.69. The third kappa shape index (κ3) is 8.38. The van der Waals surface area contributed by atoms with Gasteiger partial charge in [-0.3, -0.25) is 0 Å².